The van der Waals surface area contributed by atoms with Crippen molar-refractivity contribution < 1.29 is 44.2 Å². The third-order valence-corrected chi connectivity index (χ3v) is 4.17. The second kappa shape index (κ2) is 10.5. The van der Waals surface area contributed by atoms with Crippen LogP contribution in [-0.2, 0) is 4.79 Å². The van der Waals surface area contributed by atoms with E-state index in [1.165, 1.54) is 5.56 Å². The zero-order valence-corrected chi connectivity index (χ0v) is 17.9. The van der Waals surface area contributed by atoms with Gasteiger partial charge in [0.15, 0.2) is 0 Å². The van der Waals surface area contributed by atoms with E-state index in [-0.39, 0.29) is 36.0 Å². The van der Waals surface area contributed by atoms with Crippen LogP contribution < -0.4 is 45.1 Å². The monoisotopic (exact) mass is 361 g/mol. The molecule has 0 radical (unpaired) electrons. The molecule has 0 fully saturated rings. The quantitative estimate of drug-likeness (QED) is 0.689. The number of hydrogen-bond donors (Lipinski definition) is 1. The summed E-state index contributed by atoms with van der Waals surface area (Å²) in [5.74, 6) is -0.0286. The molecule has 2 aromatic rings. The van der Waals surface area contributed by atoms with Crippen LogP contribution in [0.15, 0.2) is 54.6 Å². The minimum Gasteiger partial charge on any atom is -0.548 e. The molecule has 0 heterocycles. The third-order valence-electron chi connectivity index (χ3n) is 4.17. The van der Waals surface area contributed by atoms with Crippen LogP contribution >= 0.6 is 0 Å². The number of ether oxygens (including phenoxy) is 1. The Labute approximate surface area is 177 Å². The van der Waals surface area contributed by atoms with Gasteiger partial charge in [0.25, 0.3) is 0 Å². The molecule has 0 bridgehead atoms. The van der Waals surface area contributed by atoms with Crippen molar-refractivity contribution in [2.75, 3.05) is 7.11 Å². The first-order valence-electron chi connectivity index (χ1n) is 8.33. The molecule has 1 atom stereocenters. The van der Waals surface area contributed by atoms with Crippen LogP contribution in [0.1, 0.15) is 42.9 Å². The largest absolute Gasteiger partial charge is 1.00 e. The van der Waals surface area contributed by atoms with Gasteiger partial charge in [0.1, 0.15) is 5.75 Å². The molecule has 132 valence electrons. The van der Waals surface area contributed by atoms with Gasteiger partial charge in [0.05, 0.1) is 13.1 Å². The molecule has 4 nitrogen and oxygen atoms in total. The SMILES string of the molecule is COc1ccc(/C(=C/CC(N)C(=O)[O-])c2ccc(C(C)C)cc2)cc1.[Na+]. The molecular weight excluding hydrogens is 337 g/mol. The van der Waals surface area contributed by atoms with E-state index in [9.17, 15) is 9.90 Å². The topological polar surface area (TPSA) is 75.4 Å². The van der Waals surface area contributed by atoms with E-state index in [0.29, 0.717) is 5.92 Å². The van der Waals surface area contributed by atoms with Crippen molar-refractivity contribution in [2.24, 2.45) is 5.73 Å². The number of rotatable bonds is 7. The van der Waals surface area contributed by atoms with Crippen LogP contribution in [0.25, 0.3) is 5.57 Å². The van der Waals surface area contributed by atoms with Crippen molar-refractivity contribution in [1.29, 1.82) is 0 Å². The van der Waals surface area contributed by atoms with Crippen molar-refractivity contribution in [2.45, 2.75) is 32.2 Å². The Morgan fingerprint density at radius 3 is 2.00 bits per heavy atom. The zero-order valence-electron chi connectivity index (χ0n) is 15.9. The summed E-state index contributed by atoms with van der Waals surface area (Å²) in [5, 5.41) is 10.9. The van der Waals surface area contributed by atoms with E-state index in [0.717, 1.165) is 22.4 Å². The minimum absolute atomic E-state index is 0. The van der Waals surface area contributed by atoms with Gasteiger partial charge in [-0.25, -0.2) is 0 Å². The van der Waals surface area contributed by atoms with E-state index in [1.54, 1.807) is 7.11 Å². The molecule has 2 rings (SSSR count). The normalized spacial score (nSPS) is 12.4. The van der Waals surface area contributed by atoms with Crippen LogP contribution in [-0.4, -0.2) is 19.1 Å². The van der Waals surface area contributed by atoms with E-state index < -0.39 is 12.0 Å². The Bertz CT molecular complexity index is 737. The molecule has 2 aromatic carbocycles. The molecule has 0 aliphatic rings. The molecule has 0 saturated heterocycles. The summed E-state index contributed by atoms with van der Waals surface area (Å²) < 4.78 is 5.20. The molecule has 0 amide bonds. The molecule has 0 spiro atoms. The fourth-order valence-electron chi connectivity index (χ4n) is 2.56. The average Bonchev–Trinajstić information content (AvgIpc) is 2.62. The van der Waals surface area contributed by atoms with Crippen LogP contribution in [0.5, 0.6) is 5.75 Å². The molecule has 26 heavy (non-hydrogen) atoms. The van der Waals surface area contributed by atoms with Crippen LogP contribution in [0.2, 0.25) is 0 Å². The Kier molecular flexibility index (Phi) is 9.09. The fraction of sp³-hybridized carbons (Fsp3) is 0.286. The smallest absolute Gasteiger partial charge is 0.548 e. The van der Waals surface area contributed by atoms with Gasteiger partial charge in [-0.3, -0.25) is 0 Å². The van der Waals surface area contributed by atoms with Crippen LogP contribution in [0.4, 0.5) is 0 Å². The van der Waals surface area contributed by atoms with E-state index >= 15 is 0 Å². The van der Waals surface area contributed by atoms with Gasteiger partial charge in [-0.2, -0.15) is 0 Å². The Morgan fingerprint density at radius 2 is 1.58 bits per heavy atom. The number of methoxy groups -OCH3 is 1. The average molecular weight is 361 g/mol. The minimum atomic E-state index is -1.25. The summed E-state index contributed by atoms with van der Waals surface area (Å²) in [6, 6.07) is 14.9. The van der Waals surface area contributed by atoms with Gasteiger partial charge in [-0.15, -0.1) is 0 Å². The van der Waals surface area contributed by atoms with Crippen molar-refractivity contribution in [1.82, 2.24) is 0 Å². The Hall–Kier alpha value is -1.59. The standard InChI is InChI=1S/C21H25NO3.Na/c1-14(2)15-4-6-16(7-5-15)19(12-13-20(22)21(23)24)17-8-10-18(25-3)11-9-17;/h4-12,14,20H,13,22H2,1-3H3,(H,23,24);/q;+1/p-1/b19-12+;. The first-order chi connectivity index (χ1) is 11.9. The first-order valence-corrected chi connectivity index (χ1v) is 8.33. The number of carbonyl (C=O) groups excluding carboxylic acids is 1. The second-order valence-corrected chi connectivity index (χ2v) is 6.28. The van der Waals surface area contributed by atoms with Gasteiger partial charge in [-0.1, -0.05) is 56.3 Å². The molecule has 0 saturated carbocycles. The van der Waals surface area contributed by atoms with Gasteiger partial charge < -0.3 is 20.4 Å². The Morgan fingerprint density at radius 1 is 1.08 bits per heavy atom. The van der Waals surface area contributed by atoms with Gasteiger partial charge in [-0.05, 0) is 46.7 Å². The molecule has 0 aliphatic heterocycles. The molecule has 0 aliphatic carbocycles. The third kappa shape index (κ3) is 5.99. The maximum atomic E-state index is 10.9. The van der Waals surface area contributed by atoms with Crippen LogP contribution in [0.3, 0.4) is 0 Å². The summed E-state index contributed by atoms with van der Waals surface area (Å²) in [6.07, 6.45) is 2.06. The zero-order chi connectivity index (χ0) is 18.4. The van der Waals surface area contributed by atoms with Crippen molar-refractivity contribution in [3.8, 4) is 5.75 Å². The second-order valence-electron chi connectivity index (χ2n) is 6.28. The summed E-state index contributed by atoms with van der Waals surface area (Å²) in [7, 11) is 1.62. The number of benzene rings is 2. The predicted molar refractivity (Wildman–Crippen MR) is 98.2 cm³/mol. The molecule has 2 N–H and O–H groups in total. The summed E-state index contributed by atoms with van der Waals surface area (Å²) in [4.78, 5) is 10.9. The summed E-state index contributed by atoms with van der Waals surface area (Å²) in [5.41, 5.74) is 9.79. The fourth-order valence-corrected chi connectivity index (χ4v) is 2.56. The maximum Gasteiger partial charge on any atom is 1.00 e. The number of nitrogens with two attached hydrogens (primary N) is 1. The van der Waals surface area contributed by atoms with E-state index in [4.69, 9.17) is 10.5 Å². The summed E-state index contributed by atoms with van der Waals surface area (Å²) >= 11 is 0. The number of carboxylic acids is 1. The van der Waals surface area contributed by atoms with Crippen LogP contribution in [0, 0.1) is 0 Å². The van der Waals surface area contributed by atoms with E-state index in [1.807, 2.05) is 30.3 Å². The first kappa shape index (κ1) is 22.5. The molecule has 5 heteroatoms. The van der Waals surface area contributed by atoms with Crippen molar-refractivity contribution in [3.05, 3.63) is 71.3 Å². The molecular formula is C21H24NNaO3. The van der Waals surface area contributed by atoms with Gasteiger partial charge >= 0.3 is 29.6 Å². The van der Waals surface area contributed by atoms with Gasteiger partial charge in [0, 0.05) is 6.04 Å². The maximum absolute atomic E-state index is 10.9. The molecule has 1 unspecified atom stereocenters. The van der Waals surface area contributed by atoms with Gasteiger partial charge in [0.2, 0.25) is 0 Å². The number of carboxylic acid groups (broad SMARTS) is 1. The molecule has 0 aromatic heterocycles. The number of aliphatic carboxylic acids is 1. The number of hydrogen-bond acceptors (Lipinski definition) is 4. The summed E-state index contributed by atoms with van der Waals surface area (Å²) in [6.45, 7) is 4.29. The van der Waals surface area contributed by atoms with E-state index in [2.05, 4.69) is 38.1 Å². The van der Waals surface area contributed by atoms with Crippen molar-refractivity contribution in [3.63, 3.8) is 0 Å². The van der Waals surface area contributed by atoms with Crippen molar-refractivity contribution >= 4 is 11.5 Å². The number of carbonyl (C=O) groups is 1. The Balaban J connectivity index is 0.00000338. The predicted octanol–water partition coefficient (Wildman–Crippen LogP) is -0.278.